The number of urea groups is 1. The number of carboxylic acid groups (broad SMARTS) is 1. The molecule has 0 saturated heterocycles. The van der Waals surface area contributed by atoms with Crippen LogP contribution in [-0.2, 0) is 16.0 Å². The fourth-order valence-electron chi connectivity index (χ4n) is 3.48. The van der Waals surface area contributed by atoms with Crippen LogP contribution in [0.15, 0.2) is 53.0 Å². The molecular formula is C26H32BrF3N2O5. The van der Waals surface area contributed by atoms with Gasteiger partial charge in [0.1, 0.15) is 12.4 Å². The SMILES string of the molecule is CCOC(Cc1ccc(OCCN(CCCCCC(F)(F)F)C(=O)Nc2ccc(Br)cc2)cc1)C(=O)O. The predicted octanol–water partition coefficient (Wildman–Crippen LogP) is 6.52. The normalized spacial score (nSPS) is 12.1. The standard InChI is InChI=1S/C26H32BrF3N2O5/c1-2-36-23(24(33)34)18-19-6-12-22(13-7-19)37-17-16-32(15-5-3-4-14-26(28,29)30)25(35)31-21-10-8-20(27)9-11-21/h6-13,23H,2-5,14-18H2,1H3,(H,31,35)(H,33,34). The number of ether oxygens (including phenoxy) is 2. The second kappa shape index (κ2) is 15.5. The molecule has 204 valence electrons. The number of alkyl halides is 3. The molecule has 2 aromatic rings. The van der Waals surface area contributed by atoms with E-state index in [0.29, 0.717) is 30.9 Å². The van der Waals surface area contributed by atoms with Crippen LogP contribution in [-0.4, -0.2) is 60.6 Å². The monoisotopic (exact) mass is 588 g/mol. The van der Waals surface area contributed by atoms with E-state index >= 15 is 0 Å². The molecule has 2 amide bonds. The van der Waals surface area contributed by atoms with Gasteiger partial charge in [0, 0.05) is 36.2 Å². The second-order valence-electron chi connectivity index (χ2n) is 8.33. The van der Waals surface area contributed by atoms with Crippen molar-refractivity contribution < 1.29 is 37.3 Å². The van der Waals surface area contributed by atoms with Crippen molar-refractivity contribution in [2.45, 2.75) is 51.3 Å². The van der Waals surface area contributed by atoms with Gasteiger partial charge in [0.2, 0.25) is 0 Å². The Kier molecular flexibility index (Phi) is 12.7. The zero-order chi connectivity index (χ0) is 27.3. The number of hydrogen-bond donors (Lipinski definition) is 2. The first-order valence-corrected chi connectivity index (χ1v) is 12.8. The number of amides is 2. The first-order chi connectivity index (χ1) is 17.6. The van der Waals surface area contributed by atoms with E-state index in [1.165, 1.54) is 4.90 Å². The van der Waals surface area contributed by atoms with Crippen LogP contribution in [0.4, 0.5) is 23.7 Å². The number of nitrogens with zero attached hydrogens (tertiary/aromatic N) is 1. The molecule has 0 aliphatic carbocycles. The van der Waals surface area contributed by atoms with Gasteiger partial charge in [-0.3, -0.25) is 0 Å². The summed E-state index contributed by atoms with van der Waals surface area (Å²) in [5, 5.41) is 12.0. The van der Waals surface area contributed by atoms with Crippen molar-refractivity contribution in [2.24, 2.45) is 0 Å². The summed E-state index contributed by atoms with van der Waals surface area (Å²) in [6, 6.07) is 13.6. The van der Waals surface area contributed by atoms with E-state index in [2.05, 4.69) is 21.2 Å². The number of benzene rings is 2. The molecule has 2 N–H and O–H groups in total. The molecule has 0 radical (unpaired) electrons. The number of hydrogen-bond acceptors (Lipinski definition) is 4. The van der Waals surface area contributed by atoms with E-state index in [0.717, 1.165) is 10.0 Å². The van der Waals surface area contributed by atoms with E-state index in [9.17, 15) is 27.9 Å². The maximum atomic E-state index is 12.8. The largest absolute Gasteiger partial charge is 0.492 e. The van der Waals surface area contributed by atoms with Gasteiger partial charge in [-0.1, -0.05) is 34.5 Å². The summed E-state index contributed by atoms with van der Waals surface area (Å²) < 4.78 is 49.0. The molecule has 2 rings (SSSR count). The van der Waals surface area contributed by atoms with Crippen molar-refractivity contribution in [1.29, 1.82) is 0 Å². The highest BCUT2D eigenvalue weighted by molar-refractivity contribution is 9.10. The summed E-state index contributed by atoms with van der Waals surface area (Å²) in [5.74, 6) is -0.479. The number of carbonyl (C=O) groups excluding carboxylic acids is 1. The molecule has 0 bridgehead atoms. The molecule has 0 aliphatic heterocycles. The Bertz CT molecular complexity index is 972. The highest BCUT2D eigenvalue weighted by Gasteiger charge is 2.26. The zero-order valence-corrected chi connectivity index (χ0v) is 22.2. The van der Waals surface area contributed by atoms with E-state index < -0.39 is 24.7 Å². The number of carbonyl (C=O) groups is 2. The Morgan fingerprint density at radius 2 is 1.70 bits per heavy atom. The number of rotatable bonds is 15. The van der Waals surface area contributed by atoms with Crippen LogP contribution >= 0.6 is 15.9 Å². The van der Waals surface area contributed by atoms with Gasteiger partial charge in [0.25, 0.3) is 0 Å². The van der Waals surface area contributed by atoms with Crippen molar-refractivity contribution in [3.05, 3.63) is 58.6 Å². The summed E-state index contributed by atoms with van der Waals surface area (Å²) in [6.07, 6.45) is -4.92. The highest BCUT2D eigenvalue weighted by atomic mass is 79.9. The van der Waals surface area contributed by atoms with Crippen LogP contribution in [0, 0.1) is 0 Å². The van der Waals surface area contributed by atoms with Gasteiger partial charge in [0.15, 0.2) is 6.10 Å². The maximum Gasteiger partial charge on any atom is 0.389 e. The number of nitrogens with one attached hydrogen (secondary N) is 1. The number of anilines is 1. The first-order valence-electron chi connectivity index (χ1n) is 12.0. The van der Waals surface area contributed by atoms with Crippen LogP contribution in [0.5, 0.6) is 5.75 Å². The molecule has 1 atom stereocenters. The van der Waals surface area contributed by atoms with Gasteiger partial charge < -0.3 is 24.8 Å². The van der Waals surface area contributed by atoms with Crippen molar-refractivity contribution in [3.63, 3.8) is 0 Å². The fourth-order valence-corrected chi connectivity index (χ4v) is 3.75. The Balaban J connectivity index is 1.90. The van der Waals surface area contributed by atoms with Crippen LogP contribution in [0.25, 0.3) is 0 Å². The third-order valence-corrected chi connectivity index (χ3v) is 5.92. The third kappa shape index (κ3) is 12.3. The van der Waals surface area contributed by atoms with Crippen molar-refractivity contribution in [2.75, 3.05) is 31.6 Å². The van der Waals surface area contributed by atoms with Crippen LogP contribution < -0.4 is 10.1 Å². The molecule has 0 aromatic heterocycles. The van der Waals surface area contributed by atoms with Gasteiger partial charge in [-0.2, -0.15) is 13.2 Å². The average molecular weight is 589 g/mol. The highest BCUT2D eigenvalue weighted by Crippen LogP contribution is 2.23. The molecule has 0 heterocycles. The lowest BCUT2D eigenvalue weighted by Gasteiger charge is -2.23. The average Bonchev–Trinajstić information content (AvgIpc) is 2.84. The van der Waals surface area contributed by atoms with Gasteiger partial charge in [0.05, 0.1) is 6.54 Å². The molecule has 1 unspecified atom stereocenters. The minimum absolute atomic E-state index is 0.0144. The van der Waals surface area contributed by atoms with Crippen LogP contribution in [0.3, 0.4) is 0 Å². The lowest BCUT2D eigenvalue weighted by molar-refractivity contribution is -0.150. The molecule has 2 aromatic carbocycles. The molecule has 37 heavy (non-hydrogen) atoms. The van der Waals surface area contributed by atoms with Gasteiger partial charge in [-0.15, -0.1) is 0 Å². The van der Waals surface area contributed by atoms with E-state index in [1.54, 1.807) is 55.5 Å². The Morgan fingerprint density at radius 1 is 1.03 bits per heavy atom. The third-order valence-electron chi connectivity index (χ3n) is 5.39. The maximum absolute atomic E-state index is 12.8. The Labute approximate surface area is 223 Å². The smallest absolute Gasteiger partial charge is 0.389 e. The molecule has 0 fully saturated rings. The van der Waals surface area contributed by atoms with Gasteiger partial charge in [-0.25, -0.2) is 9.59 Å². The minimum Gasteiger partial charge on any atom is -0.492 e. The van der Waals surface area contributed by atoms with Crippen molar-refractivity contribution >= 4 is 33.6 Å². The van der Waals surface area contributed by atoms with E-state index in [1.807, 2.05) is 0 Å². The molecule has 7 nitrogen and oxygen atoms in total. The van der Waals surface area contributed by atoms with Crippen LogP contribution in [0.2, 0.25) is 0 Å². The first kappa shape index (κ1) is 30.4. The van der Waals surface area contributed by atoms with E-state index in [-0.39, 0.29) is 38.6 Å². The number of halogens is 4. The van der Waals surface area contributed by atoms with E-state index in [4.69, 9.17) is 9.47 Å². The van der Waals surface area contributed by atoms with Gasteiger partial charge >= 0.3 is 18.2 Å². The molecule has 0 aliphatic rings. The summed E-state index contributed by atoms with van der Waals surface area (Å²) >= 11 is 3.34. The zero-order valence-electron chi connectivity index (χ0n) is 20.6. The Hall–Kier alpha value is -2.79. The second-order valence-corrected chi connectivity index (χ2v) is 9.24. The lowest BCUT2D eigenvalue weighted by atomic mass is 10.1. The summed E-state index contributed by atoms with van der Waals surface area (Å²) in [6.45, 7) is 2.72. The molecule has 0 saturated carbocycles. The summed E-state index contributed by atoms with van der Waals surface area (Å²) in [4.78, 5) is 25.6. The molecule has 0 spiro atoms. The molecular weight excluding hydrogens is 557 g/mol. The minimum atomic E-state index is -4.18. The number of aliphatic carboxylic acids is 1. The van der Waals surface area contributed by atoms with Crippen molar-refractivity contribution in [1.82, 2.24) is 4.90 Å². The number of carboxylic acids is 1. The van der Waals surface area contributed by atoms with Gasteiger partial charge in [-0.05, 0) is 61.7 Å². The summed E-state index contributed by atoms with van der Waals surface area (Å²) in [5.41, 5.74) is 1.38. The van der Waals surface area contributed by atoms with Crippen LogP contribution in [0.1, 0.15) is 38.2 Å². The summed E-state index contributed by atoms with van der Waals surface area (Å²) in [7, 11) is 0. The molecule has 11 heteroatoms. The topological polar surface area (TPSA) is 88.1 Å². The quantitative estimate of drug-likeness (QED) is 0.231. The Morgan fingerprint density at radius 3 is 2.30 bits per heavy atom. The lowest BCUT2D eigenvalue weighted by Crippen LogP contribution is -2.38. The predicted molar refractivity (Wildman–Crippen MR) is 138 cm³/mol. The van der Waals surface area contributed by atoms with Crippen molar-refractivity contribution in [3.8, 4) is 5.75 Å². The number of unbranched alkanes of at least 4 members (excludes halogenated alkanes) is 2. The fraction of sp³-hybridized carbons (Fsp3) is 0.462.